The molecule has 1 atom stereocenters. The molecule has 1 amide bonds. The van der Waals surface area contributed by atoms with Crippen molar-refractivity contribution in [3.05, 3.63) is 84.1 Å². The summed E-state index contributed by atoms with van der Waals surface area (Å²) in [6, 6.07) is 15.1. The van der Waals surface area contributed by atoms with Gasteiger partial charge in [0, 0.05) is 29.5 Å². The Labute approximate surface area is 172 Å². The number of hydrogen-bond acceptors (Lipinski definition) is 6. The summed E-state index contributed by atoms with van der Waals surface area (Å²) in [6.45, 7) is 0.376. The molecule has 7 nitrogen and oxygen atoms in total. The van der Waals surface area contributed by atoms with Crippen molar-refractivity contribution >= 4 is 22.5 Å². The van der Waals surface area contributed by atoms with E-state index in [1.54, 1.807) is 19.5 Å². The van der Waals surface area contributed by atoms with Crippen LogP contribution in [-0.4, -0.2) is 28.0 Å². The molecular formula is C23H18N4O3. The third-order valence-corrected chi connectivity index (χ3v) is 5.16. The summed E-state index contributed by atoms with van der Waals surface area (Å²) >= 11 is 0. The maximum absolute atomic E-state index is 12.7. The summed E-state index contributed by atoms with van der Waals surface area (Å²) in [5.41, 5.74) is 4.03. The molecule has 148 valence electrons. The number of hydrogen-bond donors (Lipinski definition) is 1. The molecule has 0 radical (unpaired) electrons. The van der Waals surface area contributed by atoms with Crippen LogP contribution >= 0.6 is 0 Å². The van der Waals surface area contributed by atoms with E-state index in [4.69, 9.17) is 9.47 Å². The summed E-state index contributed by atoms with van der Waals surface area (Å²) in [5.74, 6) is 0.523. The quantitative estimate of drug-likeness (QED) is 0.552. The van der Waals surface area contributed by atoms with Crippen LogP contribution in [0, 0.1) is 0 Å². The topological polar surface area (TPSA) is 86.2 Å². The molecule has 0 saturated heterocycles. The molecule has 7 heteroatoms. The van der Waals surface area contributed by atoms with Gasteiger partial charge < -0.3 is 14.8 Å². The Bertz CT molecular complexity index is 1240. The number of rotatable bonds is 5. The standard InChI is InChI=1S/C23H18N4O3/c1-29-19-10-16-18(11-20(19)30-12-14-6-8-24-9-7-14)25-13-26-22(16)21-15-4-2-3-5-17(15)27-23(21)28/h2-11,13,21H,12H2,1H3,(H,27,28). The third-order valence-electron chi connectivity index (χ3n) is 5.16. The number of methoxy groups -OCH3 is 1. The van der Waals surface area contributed by atoms with Crippen LogP contribution in [-0.2, 0) is 11.4 Å². The number of benzene rings is 2. The number of pyridine rings is 1. The van der Waals surface area contributed by atoms with Crippen molar-refractivity contribution in [1.29, 1.82) is 0 Å². The predicted octanol–water partition coefficient (Wildman–Crippen LogP) is 3.70. The van der Waals surface area contributed by atoms with Gasteiger partial charge in [-0.3, -0.25) is 9.78 Å². The van der Waals surface area contributed by atoms with E-state index in [9.17, 15) is 4.79 Å². The molecular weight excluding hydrogens is 380 g/mol. The Morgan fingerprint density at radius 1 is 1.03 bits per heavy atom. The first-order valence-electron chi connectivity index (χ1n) is 9.48. The first-order valence-corrected chi connectivity index (χ1v) is 9.48. The van der Waals surface area contributed by atoms with Gasteiger partial charge in [0.1, 0.15) is 18.9 Å². The van der Waals surface area contributed by atoms with Crippen LogP contribution in [0.1, 0.15) is 22.7 Å². The van der Waals surface area contributed by atoms with Gasteiger partial charge in [-0.15, -0.1) is 0 Å². The van der Waals surface area contributed by atoms with Crippen LogP contribution in [0.25, 0.3) is 10.9 Å². The zero-order chi connectivity index (χ0) is 20.5. The second-order valence-electron chi connectivity index (χ2n) is 6.93. The Hall–Kier alpha value is -4.00. The van der Waals surface area contributed by atoms with Crippen LogP contribution in [0.3, 0.4) is 0 Å². The fourth-order valence-electron chi connectivity index (χ4n) is 3.71. The van der Waals surface area contributed by atoms with Gasteiger partial charge in [-0.25, -0.2) is 9.97 Å². The third kappa shape index (κ3) is 3.10. The van der Waals surface area contributed by atoms with Gasteiger partial charge >= 0.3 is 0 Å². The molecule has 4 aromatic rings. The molecule has 1 aliphatic heterocycles. The van der Waals surface area contributed by atoms with Crippen LogP contribution in [0.15, 0.2) is 67.3 Å². The Balaban J connectivity index is 1.56. The monoisotopic (exact) mass is 398 g/mol. The molecule has 1 N–H and O–H groups in total. The van der Waals surface area contributed by atoms with E-state index in [0.29, 0.717) is 29.3 Å². The molecule has 0 saturated carbocycles. The van der Waals surface area contributed by atoms with Crippen molar-refractivity contribution in [2.45, 2.75) is 12.5 Å². The van der Waals surface area contributed by atoms with Crippen LogP contribution < -0.4 is 14.8 Å². The number of carbonyl (C=O) groups excluding carboxylic acids is 1. The minimum Gasteiger partial charge on any atom is -0.493 e. The highest BCUT2D eigenvalue weighted by Gasteiger charge is 2.34. The zero-order valence-corrected chi connectivity index (χ0v) is 16.2. The molecule has 0 fully saturated rings. The van der Waals surface area contributed by atoms with Crippen LogP contribution in [0.5, 0.6) is 11.5 Å². The number of ether oxygens (including phenoxy) is 2. The van der Waals surface area contributed by atoms with Crippen LogP contribution in [0.2, 0.25) is 0 Å². The second kappa shape index (κ2) is 7.44. The van der Waals surface area contributed by atoms with E-state index >= 15 is 0 Å². The van der Waals surface area contributed by atoms with E-state index in [1.807, 2.05) is 48.5 Å². The summed E-state index contributed by atoms with van der Waals surface area (Å²) < 4.78 is 11.5. The van der Waals surface area contributed by atoms with Crippen molar-refractivity contribution in [3.63, 3.8) is 0 Å². The zero-order valence-electron chi connectivity index (χ0n) is 16.2. The van der Waals surface area contributed by atoms with Crippen molar-refractivity contribution in [2.75, 3.05) is 12.4 Å². The minimum absolute atomic E-state index is 0.104. The van der Waals surface area contributed by atoms with Gasteiger partial charge in [0.15, 0.2) is 11.5 Å². The van der Waals surface area contributed by atoms with Crippen LogP contribution in [0.4, 0.5) is 5.69 Å². The number of nitrogens with zero attached hydrogens (tertiary/aromatic N) is 3. The lowest BCUT2D eigenvalue weighted by Crippen LogP contribution is -2.15. The van der Waals surface area contributed by atoms with E-state index in [2.05, 4.69) is 20.3 Å². The SMILES string of the molecule is COc1cc2c(C3C(=O)Nc4ccccc43)ncnc2cc1OCc1ccncc1. The van der Waals surface area contributed by atoms with Gasteiger partial charge in [0.05, 0.1) is 18.3 Å². The number of amides is 1. The fourth-order valence-corrected chi connectivity index (χ4v) is 3.71. The van der Waals surface area contributed by atoms with Crippen molar-refractivity contribution in [3.8, 4) is 11.5 Å². The summed E-state index contributed by atoms with van der Waals surface area (Å²) in [6.07, 6.45) is 4.92. The highest BCUT2D eigenvalue weighted by molar-refractivity contribution is 6.06. The molecule has 1 unspecified atom stereocenters. The van der Waals surface area contributed by atoms with Gasteiger partial charge in [-0.05, 0) is 35.4 Å². The lowest BCUT2D eigenvalue weighted by Gasteiger charge is -2.15. The Morgan fingerprint density at radius 3 is 2.70 bits per heavy atom. The van der Waals surface area contributed by atoms with E-state index < -0.39 is 5.92 Å². The molecule has 0 bridgehead atoms. The number of carbonyl (C=O) groups is 1. The fraction of sp³-hybridized carbons (Fsp3) is 0.130. The minimum atomic E-state index is -0.500. The number of aromatic nitrogens is 3. The number of fused-ring (bicyclic) bond motifs is 2. The van der Waals surface area contributed by atoms with Gasteiger partial charge in [0.25, 0.3) is 0 Å². The normalized spacial score (nSPS) is 15.0. The Morgan fingerprint density at radius 2 is 1.87 bits per heavy atom. The number of nitrogens with one attached hydrogen (secondary N) is 1. The van der Waals surface area contributed by atoms with E-state index in [1.165, 1.54) is 6.33 Å². The molecule has 2 aromatic heterocycles. The molecule has 2 aromatic carbocycles. The first-order chi connectivity index (χ1) is 14.7. The van der Waals surface area contributed by atoms with Gasteiger partial charge in [-0.1, -0.05) is 18.2 Å². The second-order valence-corrected chi connectivity index (χ2v) is 6.93. The number of anilines is 1. The van der Waals surface area contributed by atoms with Crippen molar-refractivity contribution in [2.24, 2.45) is 0 Å². The predicted molar refractivity (Wildman–Crippen MR) is 112 cm³/mol. The molecule has 0 aliphatic carbocycles. The van der Waals surface area contributed by atoms with E-state index in [0.717, 1.165) is 22.2 Å². The summed E-state index contributed by atoms with van der Waals surface area (Å²) in [7, 11) is 1.58. The molecule has 5 rings (SSSR count). The first kappa shape index (κ1) is 18.1. The smallest absolute Gasteiger partial charge is 0.238 e. The average molecular weight is 398 g/mol. The highest BCUT2D eigenvalue weighted by atomic mass is 16.5. The Kier molecular flexibility index (Phi) is 4.48. The molecule has 3 heterocycles. The lowest BCUT2D eigenvalue weighted by atomic mass is 9.94. The van der Waals surface area contributed by atoms with Crippen molar-refractivity contribution < 1.29 is 14.3 Å². The molecule has 1 aliphatic rings. The van der Waals surface area contributed by atoms with Gasteiger partial charge in [-0.2, -0.15) is 0 Å². The lowest BCUT2D eigenvalue weighted by molar-refractivity contribution is -0.116. The number of para-hydroxylation sites is 1. The summed E-state index contributed by atoms with van der Waals surface area (Å²) in [5, 5.41) is 3.68. The van der Waals surface area contributed by atoms with E-state index in [-0.39, 0.29) is 5.91 Å². The summed E-state index contributed by atoms with van der Waals surface area (Å²) in [4.78, 5) is 25.6. The molecule has 30 heavy (non-hydrogen) atoms. The molecule has 0 spiro atoms. The van der Waals surface area contributed by atoms with Crippen molar-refractivity contribution in [1.82, 2.24) is 15.0 Å². The maximum atomic E-state index is 12.7. The largest absolute Gasteiger partial charge is 0.493 e. The maximum Gasteiger partial charge on any atom is 0.238 e. The average Bonchev–Trinajstić information content (AvgIpc) is 3.12. The van der Waals surface area contributed by atoms with Gasteiger partial charge in [0.2, 0.25) is 5.91 Å². The highest BCUT2D eigenvalue weighted by Crippen LogP contribution is 2.40.